The van der Waals surface area contributed by atoms with Crippen LogP contribution in [0.5, 0.6) is 0 Å². The third-order valence-corrected chi connectivity index (χ3v) is 11.3. The average molecular weight is 775 g/mol. The molecule has 2 aromatic heterocycles. The molecule has 0 aliphatic rings. The molecule has 8 aromatic rings. The summed E-state index contributed by atoms with van der Waals surface area (Å²) in [5.41, 5.74) is 12.9. The Morgan fingerprint density at radius 2 is 0.638 bits per heavy atom. The van der Waals surface area contributed by atoms with Gasteiger partial charge in [-0.05, 0) is 107 Å². The lowest BCUT2D eigenvalue weighted by Crippen LogP contribution is -2.15. The first-order valence-corrected chi connectivity index (χ1v) is 22.5. The second-order valence-corrected chi connectivity index (χ2v) is 14.7. The number of aromatic nitrogens is 2. The molecule has 8 rings (SSSR count). The lowest BCUT2D eigenvalue weighted by atomic mass is 9.82. The molecule has 0 saturated carbocycles. The zero-order valence-corrected chi connectivity index (χ0v) is 39.0. The molecule has 308 valence electrons. The zero-order chi connectivity index (χ0) is 43.2. The van der Waals surface area contributed by atoms with Crippen LogP contribution in [-0.2, 0) is 10.8 Å². The van der Waals surface area contributed by atoms with Gasteiger partial charge in [-0.15, -0.1) is 0 Å². The molecule has 0 amide bonds. The highest BCUT2D eigenvalue weighted by Crippen LogP contribution is 2.38. The van der Waals surface area contributed by atoms with Crippen molar-refractivity contribution in [2.45, 2.75) is 134 Å². The van der Waals surface area contributed by atoms with Crippen LogP contribution in [0.3, 0.4) is 0 Å². The van der Waals surface area contributed by atoms with E-state index >= 15 is 0 Å². The fourth-order valence-electron chi connectivity index (χ4n) is 7.36. The number of benzene rings is 6. The molecule has 0 radical (unpaired) electrons. The first-order chi connectivity index (χ1) is 28.2. The van der Waals surface area contributed by atoms with E-state index in [0.29, 0.717) is 0 Å². The van der Waals surface area contributed by atoms with Crippen molar-refractivity contribution in [2.24, 2.45) is 0 Å². The molecule has 6 aromatic carbocycles. The van der Waals surface area contributed by atoms with Gasteiger partial charge in [0, 0.05) is 32.9 Å². The lowest BCUT2D eigenvalue weighted by molar-refractivity contribution is 0.507. The number of fused-ring (bicyclic) bond motifs is 6. The summed E-state index contributed by atoms with van der Waals surface area (Å²) in [6.45, 7) is 33.9. The van der Waals surface area contributed by atoms with Crippen LogP contribution in [0.15, 0.2) is 133 Å². The Morgan fingerprint density at radius 3 is 0.948 bits per heavy atom. The van der Waals surface area contributed by atoms with Gasteiger partial charge in [-0.2, -0.15) is 0 Å². The summed E-state index contributed by atoms with van der Waals surface area (Å²) >= 11 is 0. The number of nitrogens with zero attached hydrogens (tertiary/aromatic N) is 2. The Balaban J connectivity index is 0.000000838. The van der Waals surface area contributed by atoms with Crippen LogP contribution in [0.4, 0.5) is 0 Å². The van der Waals surface area contributed by atoms with Gasteiger partial charge in [-0.3, -0.25) is 0 Å². The van der Waals surface area contributed by atoms with Crippen LogP contribution in [0.1, 0.15) is 135 Å². The van der Waals surface area contributed by atoms with Crippen LogP contribution < -0.4 is 0 Å². The fraction of sp³-hybridized carbons (Fsp3) is 0.357. The molecular formula is C56H74N2. The van der Waals surface area contributed by atoms with E-state index in [4.69, 9.17) is 0 Å². The zero-order valence-electron chi connectivity index (χ0n) is 39.0. The number of hydrogen-bond acceptors (Lipinski definition) is 0. The minimum atomic E-state index is 0.144. The molecule has 0 aliphatic carbocycles. The summed E-state index contributed by atoms with van der Waals surface area (Å²) in [6.07, 6.45) is 2.22. The summed E-state index contributed by atoms with van der Waals surface area (Å²) in [5, 5.41) is 5.24. The minimum Gasteiger partial charge on any atom is -0.309 e. The van der Waals surface area contributed by atoms with Gasteiger partial charge in [-0.25, -0.2) is 0 Å². The van der Waals surface area contributed by atoms with Gasteiger partial charge in [0.1, 0.15) is 0 Å². The molecule has 0 unspecified atom stereocenters. The van der Waals surface area contributed by atoms with Crippen molar-refractivity contribution >= 4 is 43.6 Å². The second kappa shape index (κ2) is 21.6. The SMILES string of the molecule is CC.CC.CC.CC.CC.CCC(C)(C)c1ccc2c(c1)c1ccccc1n2-c1ccc(-c2ccc(-n3c4ccccc4c4cc(C(C)(C)CC)ccc43)cc2)cc1. The Hall–Kier alpha value is -5.08. The van der Waals surface area contributed by atoms with Crippen LogP contribution in [0, 0.1) is 0 Å². The maximum atomic E-state index is 2.41. The summed E-state index contributed by atoms with van der Waals surface area (Å²) < 4.78 is 4.82. The highest BCUT2D eigenvalue weighted by molar-refractivity contribution is 6.10. The Morgan fingerprint density at radius 1 is 0.345 bits per heavy atom. The van der Waals surface area contributed by atoms with Gasteiger partial charge < -0.3 is 9.13 Å². The summed E-state index contributed by atoms with van der Waals surface area (Å²) in [6, 6.07) is 49.8. The van der Waals surface area contributed by atoms with E-state index in [9.17, 15) is 0 Å². The predicted octanol–water partition coefficient (Wildman–Crippen LogP) is 18.1. The van der Waals surface area contributed by atoms with E-state index in [0.717, 1.165) is 12.8 Å². The topological polar surface area (TPSA) is 9.86 Å². The molecule has 0 atom stereocenters. The summed E-state index contributed by atoms with van der Waals surface area (Å²) in [7, 11) is 0. The van der Waals surface area contributed by atoms with E-state index in [1.165, 1.54) is 77.2 Å². The van der Waals surface area contributed by atoms with E-state index in [1.807, 2.05) is 69.2 Å². The fourth-order valence-corrected chi connectivity index (χ4v) is 7.36. The number of hydrogen-bond donors (Lipinski definition) is 0. The van der Waals surface area contributed by atoms with Crippen molar-refractivity contribution in [3.63, 3.8) is 0 Å². The monoisotopic (exact) mass is 775 g/mol. The maximum absolute atomic E-state index is 2.41. The first kappa shape index (κ1) is 47.3. The molecule has 0 aliphatic heterocycles. The smallest absolute Gasteiger partial charge is 0.0541 e. The highest BCUT2D eigenvalue weighted by Gasteiger charge is 2.22. The van der Waals surface area contributed by atoms with Crippen molar-refractivity contribution in [3.05, 3.63) is 145 Å². The van der Waals surface area contributed by atoms with E-state index < -0.39 is 0 Å². The van der Waals surface area contributed by atoms with Crippen molar-refractivity contribution in [1.29, 1.82) is 0 Å². The third-order valence-electron chi connectivity index (χ3n) is 11.3. The van der Waals surface area contributed by atoms with E-state index in [-0.39, 0.29) is 10.8 Å². The molecule has 2 heterocycles. The lowest BCUT2D eigenvalue weighted by Gasteiger charge is -2.23. The standard InChI is InChI=1S/C46H44N2.5C2H6/c1-7-45(3,4)33-21-27-43-39(29-33)37-13-9-11-15-41(37)47(43)35-23-17-31(18-24-35)32-19-25-36(26-20-32)48-42-16-12-10-14-38(42)40-30-34(22-28-44(40)48)46(5,6)8-2;5*1-2/h9-30H,7-8H2,1-6H3;5*1-2H3. The molecular weight excluding hydrogens is 701 g/mol. The molecule has 58 heavy (non-hydrogen) atoms. The minimum absolute atomic E-state index is 0.144. The van der Waals surface area contributed by atoms with Crippen LogP contribution in [0.25, 0.3) is 66.1 Å². The van der Waals surface area contributed by atoms with Gasteiger partial charge in [-0.1, -0.05) is 184 Å². The van der Waals surface area contributed by atoms with Crippen molar-refractivity contribution in [3.8, 4) is 22.5 Å². The molecule has 2 nitrogen and oxygen atoms in total. The number of para-hydroxylation sites is 2. The first-order valence-electron chi connectivity index (χ1n) is 22.5. The Labute approximate surface area is 352 Å². The normalized spacial score (nSPS) is 10.9. The maximum Gasteiger partial charge on any atom is 0.0541 e. The van der Waals surface area contributed by atoms with Crippen LogP contribution in [-0.4, -0.2) is 9.13 Å². The van der Waals surface area contributed by atoms with Gasteiger partial charge in [0.15, 0.2) is 0 Å². The quantitative estimate of drug-likeness (QED) is 0.153. The van der Waals surface area contributed by atoms with Crippen molar-refractivity contribution in [1.82, 2.24) is 9.13 Å². The molecule has 0 fully saturated rings. The van der Waals surface area contributed by atoms with Gasteiger partial charge in [0.25, 0.3) is 0 Å². The van der Waals surface area contributed by atoms with Crippen LogP contribution >= 0.6 is 0 Å². The molecule has 0 spiro atoms. The summed E-state index contributed by atoms with van der Waals surface area (Å²) in [5.74, 6) is 0. The summed E-state index contributed by atoms with van der Waals surface area (Å²) in [4.78, 5) is 0. The van der Waals surface area contributed by atoms with Gasteiger partial charge in [0.2, 0.25) is 0 Å². The average Bonchev–Trinajstić information content (AvgIpc) is 3.82. The van der Waals surface area contributed by atoms with Crippen molar-refractivity contribution in [2.75, 3.05) is 0 Å². The molecule has 0 saturated heterocycles. The molecule has 0 bridgehead atoms. The van der Waals surface area contributed by atoms with E-state index in [1.54, 1.807) is 0 Å². The van der Waals surface area contributed by atoms with Crippen molar-refractivity contribution < 1.29 is 0 Å². The highest BCUT2D eigenvalue weighted by atomic mass is 15.0. The number of rotatable bonds is 7. The second-order valence-electron chi connectivity index (χ2n) is 14.7. The van der Waals surface area contributed by atoms with E-state index in [2.05, 4.69) is 184 Å². The largest absolute Gasteiger partial charge is 0.309 e. The van der Waals surface area contributed by atoms with Gasteiger partial charge >= 0.3 is 0 Å². The Kier molecular flexibility index (Phi) is 17.6. The van der Waals surface area contributed by atoms with Crippen LogP contribution in [0.2, 0.25) is 0 Å². The van der Waals surface area contributed by atoms with Gasteiger partial charge in [0.05, 0.1) is 22.1 Å². The molecule has 2 heteroatoms. The molecule has 0 N–H and O–H groups in total. The Bertz CT molecular complexity index is 2270. The third kappa shape index (κ3) is 9.28. The predicted molar refractivity (Wildman–Crippen MR) is 264 cm³/mol.